The van der Waals surface area contributed by atoms with E-state index < -0.39 is 0 Å². The summed E-state index contributed by atoms with van der Waals surface area (Å²) >= 11 is 0. The molecule has 2 heterocycles. The number of amides is 1. The van der Waals surface area contributed by atoms with Crippen LogP contribution in [0.15, 0.2) is 49.1 Å². The number of rotatable bonds is 7. The maximum Gasteiger partial charge on any atom is 0.273 e. The van der Waals surface area contributed by atoms with Gasteiger partial charge in [-0.3, -0.25) is 9.89 Å². The molecule has 0 radical (unpaired) electrons. The van der Waals surface area contributed by atoms with Crippen molar-refractivity contribution >= 4 is 5.91 Å². The molecular formula is C25H27N3O3. The van der Waals surface area contributed by atoms with Gasteiger partial charge in [-0.05, 0) is 55.2 Å². The SMILES string of the molecule is C=CCN1C(=O)c2[nH]nc(-c3cc(C)cc(C)c3O)c2C1c1ccc(OCCC)cc1. The largest absolute Gasteiger partial charge is 0.507 e. The Bertz CT molecular complexity index is 1130. The predicted octanol–water partition coefficient (Wildman–Crippen LogP) is 4.92. The van der Waals surface area contributed by atoms with Crippen molar-refractivity contribution in [3.8, 4) is 22.8 Å². The van der Waals surface area contributed by atoms with Crippen LogP contribution in [-0.4, -0.2) is 39.3 Å². The molecule has 1 aliphatic rings. The van der Waals surface area contributed by atoms with E-state index in [-0.39, 0.29) is 17.7 Å². The minimum atomic E-state index is -0.338. The number of benzene rings is 2. The molecule has 2 aromatic carbocycles. The maximum absolute atomic E-state index is 13.2. The molecule has 0 aliphatic carbocycles. The van der Waals surface area contributed by atoms with Crippen LogP contribution in [0.4, 0.5) is 0 Å². The van der Waals surface area contributed by atoms with Gasteiger partial charge >= 0.3 is 0 Å². The average Bonchev–Trinajstić information content (AvgIpc) is 3.29. The highest BCUT2D eigenvalue weighted by molar-refractivity contribution is 6.00. The molecule has 2 N–H and O–H groups in total. The van der Waals surface area contributed by atoms with Gasteiger partial charge in [0.1, 0.15) is 22.9 Å². The number of carbonyl (C=O) groups is 1. The zero-order valence-corrected chi connectivity index (χ0v) is 18.1. The van der Waals surface area contributed by atoms with Gasteiger partial charge in [0.25, 0.3) is 5.91 Å². The van der Waals surface area contributed by atoms with Crippen molar-refractivity contribution in [3.05, 3.63) is 77.0 Å². The number of aryl methyl sites for hydroxylation is 2. The molecule has 1 amide bonds. The zero-order valence-electron chi connectivity index (χ0n) is 18.1. The van der Waals surface area contributed by atoms with Gasteiger partial charge in [0.15, 0.2) is 0 Å². The Balaban J connectivity index is 1.84. The summed E-state index contributed by atoms with van der Waals surface area (Å²) in [4.78, 5) is 14.9. The van der Waals surface area contributed by atoms with Gasteiger partial charge in [-0.15, -0.1) is 6.58 Å². The summed E-state index contributed by atoms with van der Waals surface area (Å²) in [6, 6.07) is 11.3. The number of hydrogen-bond donors (Lipinski definition) is 2. The van der Waals surface area contributed by atoms with Gasteiger partial charge in [-0.2, -0.15) is 5.10 Å². The highest BCUT2D eigenvalue weighted by Gasteiger charge is 2.42. The second kappa shape index (κ2) is 8.30. The lowest BCUT2D eigenvalue weighted by molar-refractivity contribution is 0.0764. The number of ether oxygens (including phenoxy) is 1. The van der Waals surface area contributed by atoms with E-state index in [9.17, 15) is 9.90 Å². The Morgan fingerprint density at radius 3 is 2.68 bits per heavy atom. The van der Waals surface area contributed by atoms with Gasteiger partial charge in [0.05, 0.1) is 12.6 Å². The van der Waals surface area contributed by atoms with Crippen molar-refractivity contribution in [2.45, 2.75) is 33.2 Å². The number of hydrogen-bond acceptors (Lipinski definition) is 4. The minimum absolute atomic E-state index is 0.131. The first kappa shape index (κ1) is 20.7. The van der Waals surface area contributed by atoms with E-state index in [1.807, 2.05) is 50.2 Å². The number of fused-ring (bicyclic) bond motifs is 1. The number of nitrogens with zero attached hydrogens (tertiary/aromatic N) is 2. The Hall–Kier alpha value is -3.54. The third-order valence-corrected chi connectivity index (χ3v) is 5.56. The van der Waals surface area contributed by atoms with Gasteiger partial charge in [0.2, 0.25) is 0 Å². The lowest BCUT2D eigenvalue weighted by Crippen LogP contribution is -2.29. The van der Waals surface area contributed by atoms with Crippen molar-refractivity contribution in [1.82, 2.24) is 15.1 Å². The molecule has 1 aliphatic heterocycles. The van der Waals surface area contributed by atoms with E-state index in [0.29, 0.717) is 30.1 Å². The molecule has 0 bridgehead atoms. The van der Waals surface area contributed by atoms with E-state index in [1.54, 1.807) is 11.0 Å². The lowest BCUT2D eigenvalue weighted by atomic mass is 9.94. The van der Waals surface area contributed by atoms with Crippen LogP contribution >= 0.6 is 0 Å². The van der Waals surface area contributed by atoms with Crippen LogP contribution < -0.4 is 4.74 Å². The highest BCUT2D eigenvalue weighted by Crippen LogP contribution is 2.45. The number of aromatic hydroxyl groups is 1. The predicted molar refractivity (Wildman–Crippen MR) is 120 cm³/mol. The van der Waals surface area contributed by atoms with Gasteiger partial charge < -0.3 is 14.7 Å². The molecule has 4 rings (SSSR count). The monoisotopic (exact) mass is 417 g/mol. The quantitative estimate of drug-likeness (QED) is 0.535. The molecule has 160 valence electrons. The van der Waals surface area contributed by atoms with Crippen molar-refractivity contribution in [2.75, 3.05) is 13.2 Å². The van der Waals surface area contributed by atoms with Crippen LogP contribution in [0.1, 0.15) is 52.1 Å². The third-order valence-electron chi connectivity index (χ3n) is 5.56. The lowest BCUT2D eigenvalue weighted by Gasteiger charge is -2.25. The molecule has 31 heavy (non-hydrogen) atoms. The van der Waals surface area contributed by atoms with E-state index in [1.165, 1.54) is 0 Å². The molecule has 0 spiro atoms. The molecule has 1 atom stereocenters. The van der Waals surface area contributed by atoms with Crippen molar-refractivity contribution < 1.29 is 14.6 Å². The standard InChI is InChI=1S/C25H27N3O3/c1-5-11-28-23(17-7-9-18(10-8-17)31-12-6-2)20-21(26-27-22(20)25(28)30)19-14-15(3)13-16(4)24(19)29/h5,7-10,13-14,23,29H,1,6,11-12H2,2-4H3,(H,26,27). The summed E-state index contributed by atoms with van der Waals surface area (Å²) < 4.78 is 5.71. The summed E-state index contributed by atoms with van der Waals surface area (Å²) in [5.74, 6) is 0.843. The smallest absolute Gasteiger partial charge is 0.273 e. The van der Waals surface area contributed by atoms with Crippen LogP contribution in [-0.2, 0) is 0 Å². The van der Waals surface area contributed by atoms with Crippen molar-refractivity contribution in [3.63, 3.8) is 0 Å². The summed E-state index contributed by atoms with van der Waals surface area (Å²) in [6.45, 7) is 10.8. The summed E-state index contributed by atoms with van der Waals surface area (Å²) in [5, 5.41) is 18.1. The number of aromatic amines is 1. The zero-order chi connectivity index (χ0) is 22.1. The van der Waals surface area contributed by atoms with Crippen LogP contribution in [0.25, 0.3) is 11.3 Å². The number of aromatic nitrogens is 2. The fourth-order valence-electron chi connectivity index (χ4n) is 4.18. The highest BCUT2D eigenvalue weighted by atomic mass is 16.5. The topological polar surface area (TPSA) is 78.5 Å². The van der Waals surface area contributed by atoms with Gasteiger partial charge in [-0.1, -0.05) is 31.2 Å². The van der Waals surface area contributed by atoms with Crippen LogP contribution in [0.2, 0.25) is 0 Å². The number of carbonyl (C=O) groups excluding carboxylic acids is 1. The first-order valence-electron chi connectivity index (χ1n) is 10.5. The summed E-state index contributed by atoms with van der Waals surface area (Å²) in [7, 11) is 0. The molecule has 0 saturated heterocycles. The number of nitrogens with one attached hydrogen (secondary N) is 1. The Morgan fingerprint density at radius 2 is 2.00 bits per heavy atom. The second-order valence-corrected chi connectivity index (χ2v) is 7.91. The maximum atomic E-state index is 13.2. The third kappa shape index (κ3) is 3.58. The molecule has 0 fully saturated rings. The van der Waals surface area contributed by atoms with E-state index in [4.69, 9.17) is 4.74 Å². The second-order valence-electron chi connectivity index (χ2n) is 7.91. The van der Waals surface area contributed by atoms with Crippen LogP contribution in [0.3, 0.4) is 0 Å². The fraction of sp³-hybridized carbons (Fsp3) is 0.280. The Morgan fingerprint density at radius 1 is 1.26 bits per heavy atom. The summed E-state index contributed by atoms with van der Waals surface area (Å²) in [6.07, 6.45) is 2.66. The first-order chi connectivity index (χ1) is 15.0. The normalized spacial score (nSPS) is 15.3. The molecule has 6 nitrogen and oxygen atoms in total. The molecule has 3 aromatic rings. The van der Waals surface area contributed by atoms with Gasteiger partial charge in [0, 0.05) is 17.7 Å². The van der Waals surface area contributed by atoms with Crippen molar-refractivity contribution in [1.29, 1.82) is 0 Å². The van der Waals surface area contributed by atoms with Crippen LogP contribution in [0, 0.1) is 13.8 Å². The molecular weight excluding hydrogens is 390 g/mol. The summed E-state index contributed by atoms with van der Waals surface area (Å²) in [5.41, 5.74) is 5.17. The number of phenols is 1. The van der Waals surface area contributed by atoms with Crippen molar-refractivity contribution in [2.24, 2.45) is 0 Å². The van der Waals surface area contributed by atoms with E-state index >= 15 is 0 Å². The van der Waals surface area contributed by atoms with E-state index in [0.717, 1.165) is 34.4 Å². The van der Waals surface area contributed by atoms with E-state index in [2.05, 4.69) is 23.7 Å². The Labute approximate surface area is 182 Å². The minimum Gasteiger partial charge on any atom is -0.507 e. The average molecular weight is 418 g/mol. The first-order valence-corrected chi connectivity index (χ1v) is 10.5. The number of H-pyrrole nitrogens is 1. The molecule has 1 unspecified atom stereocenters. The fourth-order valence-corrected chi connectivity index (χ4v) is 4.18. The molecule has 0 saturated carbocycles. The number of phenolic OH excluding ortho intramolecular Hbond substituents is 1. The van der Waals surface area contributed by atoms with Gasteiger partial charge in [-0.25, -0.2) is 0 Å². The Kier molecular flexibility index (Phi) is 5.55. The molecule has 6 heteroatoms. The molecule has 1 aromatic heterocycles. The van der Waals surface area contributed by atoms with Crippen LogP contribution in [0.5, 0.6) is 11.5 Å².